The van der Waals surface area contributed by atoms with Crippen LogP contribution in [-0.4, -0.2) is 64.7 Å². The van der Waals surface area contributed by atoms with E-state index in [1.54, 1.807) is 6.33 Å². The van der Waals surface area contributed by atoms with Crippen LogP contribution < -0.4 is 0 Å². The minimum atomic E-state index is 0.374. The molecule has 0 amide bonds. The van der Waals surface area contributed by atoms with E-state index in [9.17, 15) is 0 Å². The lowest BCUT2D eigenvalue weighted by atomic mass is 9.84. The van der Waals surface area contributed by atoms with Gasteiger partial charge in [0.2, 0.25) is 0 Å². The molecule has 3 atom stereocenters. The Kier molecular flexibility index (Phi) is 5.06. The highest BCUT2D eigenvalue weighted by Crippen LogP contribution is 2.32. The van der Waals surface area contributed by atoms with Gasteiger partial charge in [-0.1, -0.05) is 0 Å². The van der Waals surface area contributed by atoms with Crippen molar-refractivity contribution >= 4 is 0 Å². The SMILES string of the molecule is CC(C)N1C[C@@H]2CCCO[C@@H]2[C@H](N(C)Cc2cncnc2)C1. The third-order valence-corrected chi connectivity index (χ3v) is 5.11. The number of likely N-dealkylation sites (N-methyl/N-ethyl adjacent to an activating group) is 1. The molecule has 5 nitrogen and oxygen atoms in total. The van der Waals surface area contributed by atoms with Gasteiger partial charge < -0.3 is 4.74 Å². The molecule has 0 unspecified atom stereocenters. The van der Waals surface area contributed by atoms with Gasteiger partial charge in [0.05, 0.1) is 6.10 Å². The second kappa shape index (κ2) is 7.02. The molecule has 3 heterocycles. The number of hydrogen-bond acceptors (Lipinski definition) is 5. The predicted octanol–water partition coefficient (Wildman–Crippen LogP) is 1.80. The van der Waals surface area contributed by atoms with Crippen LogP contribution in [0, 0.1) is 5.92 Å². The summed E-state index contributed by atoms with van der Waals surface area (Å²) in [5.41, 5.74) is 1.17. The monoisotopic (exact) mass is 304 g/mol. The molecule has 0 radical (unpaired) electrons. The Bertz CT molecular complexity index is 467. The van der Waals surface area contributed by atoms with Crippen molar-refractivity contribution in [2.75, 3.05) is 26.7 Å². The highest BCUT2D eigenvalue weighted by molar-refractivity contribution is 5.04. The van der Waals surface area contributed by atoms with Gasteiger partial charge in [0.25, 0.3) is 0 Å². The second-order valence-corrected chi connectivity index (χ2v) is 7.01. The van der Waals surface area contributed by atoms with Gasteiger partial charge in [-0.15, -0.1) is 0 Å². The zero-order valence-corrected chi connectivity index (χ0v) is 14.0. The molecule has 22 heavy (non-hydrogen) atoms. The Hall–Kier alpha value is -1.04. The fraction of sp³-hybridized carbons (Fsp3) is 0.765. The van der Waals surface area contributed by atoms with Crippen molar-refractivity contribution < 1.29 is 4.74 Å². The Morgan fingerprint density at radius 1 is 1.32 bits per heavy atom. The number of piperidine rings is 1. The number of nitrogens with zero attached hydrogens (tertiary/aromatic N) is 4. The smallest absolute Gasteiger partial charge is 0.115 e. The highest BCUT2D eigenvalue weighted by Gasteiger charge is 2.41. The van der Waals surface area contributed by atoms with Crippen molar-refractivity contribution in [1.29, 1.82) is 0 Å². The maximum Gasteiger partial charge on any atom is 0.115 e. The molecule has 0 saturated carbocycles. The van der Waals surface area contributed by atoms with E-state index >= 15 is 0 Å². The maximum absolute atomic E-state index is 6.18. The van der Waals surface area contributed by atoms with E-state index in [0.29, 0.717) is 24.1 Å². The van der Waals surface area contributed by atoms with Gasteiger partial charge in [0.1, 0.15) is 6.33 Å². The fourth-order valence-electron chi connectivity index (χ4n) is 3.83. The van der Waals surface area contributed by atoms with Crippen LogP contribution in [0.4, 0.5) is 0 Å². The van der Waals surface area contributed by atoms with Crippen molar-refractivity contribution in [3.05, 3.63) is 24.3 Å². The Balaban J connectivity index is 1.73. The van der Waals surface area contributed by atoms with Crippen molar-refractivity contribution in [3.8, 4) is 0 Å². The first-order chi connectivity index (χ1) is 10.6. The summed E-state index contributed by atoms with van der Waals surface area (Å²) in [5, 5.41) is 0. The molecular weight excluding hydrogens is 276 g/mol. The third-order valence-electron chi connectivity index (χ3n) is 5.11. The summed E-state index contributed by atoms with van der Waals surface area (Å²) >= 11 is 0. The van der Waals surface area contributed by atoms with Crippen LogP contribution >= 0.6 is 0 Å². The molecule has 0 aromatic carbocycles. The molecule has 2 aliphatic rings. The first-order valence-corrected chi connectivity index (χ1v) is 8.45. The number of rotatable bonds is 4. The van der Waals surface area contributed by atoms with Crippen LogP contribution in [0.3, 0.4) is 0 Å². The van der Waals surface area contributed by atoms with Crippen molar-refractivity contribution in [2.45, 2.75) is 51.4 Å². The average molecular weight is 304 g/mol. The van der Waals surface area contributed by atoms with E-state index in [2.05, 4.69) is 40.7 Å². The molecule has 2 aliphatic heterocycles. The maximum atomic E-state index is 6.18. The molecule has 2 saturated heterocycles. The number of aromatic nitrogens is 2. The van der Waals surface area contributed by atoms with Gasteiger partial charge in [-0.25, -0.2) is 9.97 Å². The topological polar surface area (TPSA) is 41.5 Å². The highest BCUT2D eigenvalue weighted by atomic mass is 16.5. The molecule has 1 aromatic rings. The van der Waals surface area contributed by atoms with Crippen molar-refractivity contribution in [1.82, 2.24) is 19.8 Å². The number of ether oxygens (including phenoxy) is 1. The molecule has 5 heteroatoms. The molecule has 0 bridgehead atoms. The van der Waals surface area contributed by atoms with E-state index in [1.807, 2.05) is 12.4 Å². The van der Waals surface area contributed by atoms with Crippen LogP contribution in [0.15, 0.2) is 18.7 Å². The Morgan fingerprint density at radius 2 is 2.09 bits per heavy atom. The van der Waals surface area contributed by atoms with Crippen molar-refractivity contribution in [2.24, 2.45) is 5.92 Å². The van der Waals surface area contributed by atoms with Gasteiger partial charge in [-0.2, -0.15) is 0 Å². The molecule has 0 aliphatic carbocycles. The largest absolute Gasteiger partial charge is 0.376 e. The summed E-state index contributed by atoms with van der Waals surface area (Å²) in [6.07, 6.45) is 8.28. The summed E-state index contributed by atoms with van der Waals surface area (Å²) in [4.78, 5) is 13.3. The molecule has 122 valence electrons. The zero-order chi connectivity index (χ0) is 15.5. The standard InChI is InChI=1S/C17H28N4O/c1-13(2)21-10-15-5-4-6-22-17(15)16(11-21)20(3)9-14-7-18-12-19-8-14/h7-8,12-13,15-17H,4-6,9-11H2,1-3H3/t15-,16+,17-/m0/s1. The lowest BCUT2D eigenvalue weighted by Gasteiger charge is -2.49. The van der Waals surface area contributed by atoms with Crippen LogP contribution in [0.1, 0.15) is 32.3 Å². The molecule has 0 spiro atoms. The summed E-state index contributed by atoms with van der Waals surface area (Å²) in [6.45, 7) is 8.66. The number of hydrogen-bond donors (Lipinski definition) is 0. The normalized spacial score (nSPS) is 29.8. The number of fused-ring (bicyclic) bond motifs is 1. The molecule has 0 N–H and O–H groups in total. The lowest BCUT2D eigenvalue weighted by Crippen LogP contribution is -2.61. The number of likely N-dealkylation sites (tertiary alicyclic amines) is 1. The third kappa shape index (κ3) is 3.47. The van der Waals surface area contributed by atoms with Gasteiger partial charge in [0, 0.05) is 56.3 Å². The summed E-state index contributed by atoms with van der Waals surface area (Å²) in [7, 11) is 2.20. The van der Waals surface area contributed by atoms with E-state index in [1.165, 1.54) is 24.9 Å². The predicted molar refractivity (Wildman–Crippen MR) is 86.5 cm³/mol. The molecular formula is C17H28N4O. The zero-order valence-electron chi connectivity index (χ0n) is 14.0. The van der Waals surface area contributed by atoms with E-state index in [0.717, 1.165) is 19.7 Å². The van der Waals surface area contributed by atoms with Gasteiger partial charge >= 0.3 is 0 Å². The summed E-state index contributed by atoms with van der Waals surface area (Å²) in [6, 6.07) is 1.04. The Morgan fingerprint density at radius 3 is 2.82 bits per heavy atom. The second-order valence-electron chi connectivity index (χ2n) is 7.01. The van der Waals surface area contributed by atoms with Gasteiger partial charge in [-0.05, 0) is 39.7 Å². The first kappa shape index (κ1) is 15.8. The van der Waals surface area contributed by atoms with Gasteiger partial charge in [0.15, 0.2) is 0 Å². The van der Waals surface area contributed by atoms with Crippen LogP contribution in [-0.2, 0) is 11.3 Å². The van der Waals surface area contributed by atoms with E-state index in [-0.39, 0.29) is 0 Å². The minimum Gasteiger partial charge on any atom is -0.376 e. The minimum absolute atomic E-state index is 0.374. The van der Waals surface area contributed by atoms with Crippen LogP contribution in [0.5, 0.6) is 0 Å². The summed E-state index contributed by atoms with van der Waals surface area (Å²) < 4.78 is 6.18. The van der Waals surface area contributed by atoms with E-state index in [4.69, 9.17) is 4.74 Å². The quantitative estimate of drug-likeness (QED) is 0.848. The lowest BCUT2D eigenvalue weighted by molar-refractivity contribution is -0.116. The molecule has 2 fully saturated rings. The average Bonchev–Trinajstić information content (AvgIpc) is 2.54. The van der Waals surface area contributed by atoms with Crippen LogP contribution in [0.2, 0.25) is 0 Å². The van der Waals surface area contributed by atoms with Gasteiger partial charge in [-0.3, -0.25) is 9.80 Å². The van der Waals surface area contributed by atoms with Crippen molar-refractivity contribution in [3.63, 3.8) is 0 Å². The fourth-order valence-corrected chi connectivity index (χ4v) is 3.83. The first-order valence-electron chi connectivity index (χ1n) is 8.45. The molecule has 3 rings (SSSR count). The summed E-state index contributed by atoms with van der Waals surface area (Å²) in [5.74, 6) is 0.671. The Labute approximate surface area is 133 Å². The van der Waals surface area contributed by atoms with Crippen LogP contribution in [0.25, 0.3) is 0 Å². The molecule has 1 aromatic heterocycles. The van der Waals surface area contributed by atoms with E-state index < -0.39 is 0 Å².